The van der Waals surface area contributed by atoms with E-state index in [4.69, 9.17) is 0 Å². The highest BCUT2D eigenvalue weighted by molar-refractivity contribution is 5.89. The minimum Gasteiger partial charge on any atom is -0.206 e. The van der Waals surface area contributed by atoms with E-state index in [0.29, 0.717) is 0 Å². The highest BCUT2D eigenvalue weighted by Gasteiger charge is 2.24. The van der Waals surface area contributed by atoms with Gasteiger partial charge >= 0.3 is 6.18 Å². The molecule has 0 radical (unpaired) electrons. The second-order valence-electron chi connectivity index (χ2n) is 9.22. The van der Waals surface area contributed by atoms with Gasteiger partial charge in [-0.1, -0.05) is 36.3 Å². The van der Waals surface area contributed by atoms with Gasteiger partial charge in [0.1, 0.15) is 29.1 Å². The average Bonchev–Trinajstić information content (AvgIpc) is 2.87. The van der Waals surface area contributed by atoms with Gasteiger partial charge in [-0.2, -0.15) is 13.2 Å². The van der Waals surface area contributed by atoms with Gasteiger partial charge in [0.05, 0.1) is 11.1 Å². The first kappa shape index (κ1) is 26.5. The highest BCUT2D eigenvalue weighted by Crippen LogP contribution is 2.36. The molecule has 0 saturated heterocycles. The maximum absolute atomic E-state index is 15.2. The highest BCUT2D eigenvalue weighted by atomic mass is 19.4. The van der Waals surface area contributed by atoms with Crippen LogP contribution in [0.1, 0.15) is 36.8 Å². The molecule has 0 spiro atoms. The first-order chi connectivity index (χ1) is 18.5. The minimum atomic E-state index is -4.95. The normalized spacial score (nSPS) is 13.7. The average molecular weight is 542 g/mol. The third kappa shape index (κ3) is 5.40. The molecule has 39 heavy (non-hydrogen) atoms. The molecule has 0 saturated carbocycles. The van der Waals surface area contributed by atoms with Gasteiger partial charge in [-0.25, -0.2) is 22.0 Å². The molecular weight excluding hydrogens is 524 g/mol. The fraction of sp³-hybridized carbons (Fsp3) is 0.161. The Bertz CT molecular complexity index is 1680. The SMILES string of the molecule is Fc1cc(C2=CCCCC2)ccc1-c1cc(F)c(-c2ccc3c(F)c(C#CC(F)(F)F)c(F)cc3c2)c(F)c1. The first-order valence-corrected chi connectivity index (χ1v) is 12.0. The zero-order valence-corrected chi connectivity index (χ0v) is 20.1. The molecule has 5 rings (SSSR count). The summed E-state index contributed by atoms with van der Waals surface area (Å²) >= 11 is 0. The van der Waals surface area contributed by atoms with Crippen LogP contribution in [0.2, 0.25) is 0 Å². The third-order valence-corrected chi connectivity index (χ3v) is 6.63. The molecule has 8 heteroatoms. The van der Waals surface area contributed by atoms with E-state index in [9.17, 15) is 26.3 Å². The minimum absolute atomic E-state index is 0.00894. The molecule has 4 aromatic carbocycles. The maximum atomic E-state index is 15.2. The molecule has 0 N–H and O–H groups in total. The Kier molecular flexibility index (Phi) is 6.94. The lowest BCUT2D eigenvalue weighted by molar-refractivity contribution is -0.0696. The zero-order valence-electron chi connectivity index (χ0n) is 20.1. The number of benzene rings is 4. The van der Waals surface area contributed by atoms with Crippen LogP contribution in [0.25, 0.3) is 38.6 Å². The van der Waals surface area contributed by atoms with E-state index in [2.05, 4.69) is 6.08 Å². The number of allylic oxidation sites excluding steroid dienone is 2. The van der Waals surface area contributed by atoms with Crippen molar-refractivity contribution in [2.75, 3.05) is 0 Å². The van der Waals surface area contributed by atoms with E-state index in [1.165, 1.54) is 18.1 Å². The van der Waals surface area contributed by atoms with Gasteiger partial charge in [0, 0.05) is 16.9 Å². The molecule has 0 bridgehead atoms. The fourth-order valence-electron chi connectivity index (χ4n) is 4.79. The molecule has 0 nitrogen and oxygen atoms in total. The van der Waals surface area contributed by atoms with Gasteiger partial charge in [-0.15, -0.1) is 0 Å². The van der Waals surface area contributed by atoms with Gasteiger partial charge < -0.3 is 0 Å². The second-order valence-corrected chi connectivity index (χ2v) is 9.22. The van der Waals surface area contributed by atoms with Gasteiger partial charge in [0.15, 0.2) is 0 Å². The van der Waals surface area contributed by atoms with Crippen LogP contribution in [-0.2, 0) is 0 Å². The van der Waals surface area contributed by atoms with Crippen molar-refractivity contribution in [2.24, 2.45) is 0 Å². The largest absolute Gasteiger partial charge is 0.458 e. The van der Waals surface area contributed by atoms with E-state index in [0.717, 1.165) is 79.1 Å². The standard InChI is InChI=1S/C31H18F8/c32-25-13-18(17-4-2-1-3-5-17)6-8-22(25)21-15-27(34)29(28(35)16-21)19-7-9-23-20(12-19)14-26(33)24(30(23)36)10-11-31(37,38)39/h4,6-9,12-16H,1-3,5H2. The number of hydrogen-bond acceptors (Lipinski definition) is 0. The second kappa shape index (κ2) is 10.2. The van der Waals surface area contributed by atoms with Crippen molar-refractivity contribution in [3.8, 4) is 34.1 Å². The van der Waals surface area contributed by atoms with Crippen molar-refractivity contribution in [3.63, 3.8) is 0 Å². The first-order valence-electron chi connectivity index (χ1n) is 12.0. The molecule has 1 aliphatic carbocycles. The predicted octanol–water partition coefficient (Wildman–Crippen LogP) is 9.74. The van der Waals surface area contributed by atoms with Crippen molar-refractivity contribution >= 4 is 16.3 Å². The van der Waals surface area contributed by atoms with Crippen LogP contribution in [-0.4, -0.2) is 6.18 Å². The summed E-state index contributed by atoms with van der Waals surface area (Å²) in [5, 5.41) is -0.416. The third-order valence-electron chi connectivity index (χ3n) is 6.63. The smallest absolute Gasteiger partial charge is 0.206 e. The number of fused-ring (bicyclic) bond motifs is 1. The Balaban J connectivity index is 1.52. The van der Waals surface area contributed by atoms with Crippen LogP contribution in [0.15, 0.2) is 60.7 Å². The Morgan fingerprint density at radius 3 is 2.00 bits per heavy atom. The van der Waals surface area contributed by atoms with Gasteiger partial charge in [-0.05, 0) is 83.7 Å². The molecule has 0 unspecified atom stereocenters. The summed E-state index contributed by atoms with van der Waals surface area (Å²) in [6.07, 6.45) is 0.944. The van der Waals surface area contributed by atoms with Crippen LogP contribution in [0.3, 0.4) is 0 Å². The molecule has 1 aliphatic rings. The van der Waals surface area contributed by atoms with Crippen LogP contribution in [0.5, 0.6) is 0 Å². The molecular formula is C31H18F8. The summed E-state index contributed by atoms with van der Waals surface area (Å²) in [5.41, 5.74) is 0.0848. The van der Waals surface area contributed by atoms with Crippen LogP contribution in [0, 0.1) is 40.9 Å². The van der Waals surface area contributed by atoms with Crippen LogP contribution in [0.4, 0.5) is 35.1 Å². The lowest BCUT2D eigenvalue weighted by Crippen LogP contribution is -2.02. The molecule has 198 valence electrons. The van der Waals surface area contributed by atoms with Crippen molar-refractivity contribution in [1.82, 2.24) is 0 Å². The molecule has 0 atom stereocenters. The van der Waals surface area contributed by atoms with E-state index < -0.39 is 46.4 Å². The molecule has 0 aliphatic heterocycles. The summed E-state index contributed by atoms with van der Waals surface area (Å²) in [4.78, 5) is 0. The maximum Gasteiger partial charge on any atom is 0.458 e. The van der Waals surface area contributed by atoms with Crippen molar-refractivity contribution in [2.45, 2.75) is 31.9 Å². The summed E-state index contributed by atoms with van der Waals surface area (Å²) in [6.45, 7) is 0. The van der Waals surface area contributed by atoms with E-state index >= 15 is 8.78 Å². The summed E-state index contributed by atoms with van der Waals surface area (Å²) < 4.78 is 112. The van der Waals surface area contributed by atoms with Crippen molar-refractivity contribution < 1.29 is 35.1 Å². The number of rotatable bonds is 3. The topological polar surface area (TPSA) is 0 Å². The predicted molar refractivity (Wildman–Crippen MR) is 134 cm³/mol. The summed E-state index contributed by atoms with van der Waals surface area (Å²) in [5.74, 6) is -3.11. The Labute approximate surface area is 218 Å². The van der Waals surface area contributed by atoms with Gasteiger partial charge in [-0.3, -0.25) is 0 Å². The van der Waals surface area contributed by atoms with Gasteiger partial charge in [0.25, 0.3) is 0 Å². The fourth-order valence-corrected chi connectivity index (χ4v) is 4.79. The molecule has 0 amide bonds. The van der Waals surface area contributed by atoms with Gasteiger partial charge in [0.2, 0.25) is 0 Å². The number of hydrogen-bond donors (Lipinski definition) is 0. The quantitative estimate of drug-likeness (QED) is 0.179. The number of alkyl halides is 3. The zero-order chi connectivity index (χ0) is 27.9. The van der Waals surface area contributed by atoms with Crippen molar-refractivity contribution in [1.29, 1.82) is 0 Å². The lowest BCUT2D eigenvalue weighted by atomic mass is 9.91. The molecule has 4 aromatic rings. The Hall–Kier alpha value is -4.12. The van der Waals surface area contributed by atoms with E-state index in [-0.39, 0.29) is 27.5 Å². The van der Waals surface area contributed by atoms with Crippen molar-refractivity contribution in [3.05, 3.63) is 101 Å². The molecule has 0 fully saturated rings. The molecule has 0 heterocycles. The molecule has 0 aromatic heterocycles. The Morgan fingerprint density at radius 2 is 1.36 bits per heavy atom. The summed E-state index contributed by atoms with van der Waals surface area (Å²) in [6, 6.07) is 10.5. The summed E-state index contributed by atoms with van der Waals surface area (Å²) in [7, 11) is 0. The van der Waals surface area contributed by atoms with E-state index in [1.807, 2.05) is 0 Å². The Morgan fingerprint density at radius 1 is 0.667 bits per heavy atom. The van der Waals surface area contributed by atoms with Crippen LogP contribution >= 0.6 is 0 Å². The van der Waals surface area contributed by atoms with E-state index in [1.54, 1.807) is 6.07 Å². The number of halogens is 8. The monoisotopic (exact) mass is 542 g/mol. The van der Waals surface area contributed by atoms with Crippen LogP contribution < -0.4 is 0 Å². The lowest BCUT2D eigenvalue weighted by Gasteiger charge is -2.15.